The molecule has 3 aromatic rings. The number of aromatic nitrogens is 2. The summed E-state index contributed by atoms with van der Waals surface area (Å²) in [5, 5.41) is 7.10. The first-order valence-corrected chi connectivity index (χ1v) is 8.63. The average molecular weight is 361 g/mol. The van der Waals surface area contributed by atoms with Crippen molar-refractivity contribution in [1.29, 1.82) is 0 Å². The molecule has 0 fully saturated rings. The van der Waals surface area contributed by atoms with Crippen molar-refractivity contribution in [3.8, 4) is 11.3 Å². The highest BCUT2D eigenvalue weighted by atomic mass is 35.5. The third kappa shape index (κ3) is 3.36. The lowest BCUT2D eigenvalue weighted by molar-refractivity contribution is 0.0942. The van der Waals surface area contributed by atoms with Gasteiger partial charge in [-0.1, -0.05) is 41.9 Å². The summed E-state index contributed by atoms with van der Waals surface area (Å²) in [5.74, 6) is -0.186. The first kappa shape index (κ1) is 16.7. The Labute approximate surface area is 149 Å². The molecule has 5 nitrogen and oxygen atoms in total. The standard InChI is InChI=1S/C17H17ClN4OS/c1-22-14(7-8-20-22)12-9-15(24-16(12)18)17(23)21-13(10-19)11-5-3-2-4-6-11/h2-9,13H,10,19H2,1H3,(H,21,23)/t13-/m1/s1. The Morgan fingerprint density at radius 3 is 2.75 bits per heavy atom. The zero-order valence-corrected chi connectivity index (χ0v) is 14.6. The maximum Gasteiger partial charge on any atom is 0.261 e. The summed E-state index contributed by atoms with van der Waals surface area (Å²) in [4.78, 5) is 13.1. The van der Waals surface area contributed by atoms with Crippen LogP contribution in [0.25, 0.3) is 11.3 Å². The van der Waals surface area contributed by atoms with Gasteiger partial charge in [0, 0.05) is 25.4 Å². The molecule has 3 rings (SSSR count). The van der Waals surface area contributed by atoms with Gasteiger partial charge in [-0.3, -0.25) is 9.48 Å². The van der Waals surface area contributed by atoms with E-state index in [0.29, 0.717) is 15.8 Å². The Morgan fingerprint density at radius 2 is 2.12 bits per heavy atom. The Hall–Kier alpha value is -2.15. The maximum absolute atomic E-state index is 12.6. The summed E-state index contributed by atoms with van der Waals surface area (Å²) in [7, 11) is 1.84. The first-order chi connectivity index (χ1) is 11.6. The Morgan fingerprint density at radius 1 is 1.38 bits per heavy atom. The molecule has 1 atom stereocenters. The van der Waals surface area contributed by atoms with Crippen LogP contribution in [0.3, 0.4) is 0 Å². The number of nitrogens with zero attached hydrogens (tertiary/aromatic N) is 2. The van der Waals surface area contributed by atoms with E-state index in [1.54, 1.807) is 16.9 Å². The largest absolute Gasteiger partial charge is 0.343 e. The SMILES string of the molecule is Cn1nccc1-c1cc(C(=O)N[C@H](CN)c2ccccc2)sc1Cl. The van der Waals surface area contributed by atoms with Crippen LogP contribution in [0.4, 0.5) is 0 Å². The molecule has 0 unspecified atom stereocenters. The predicted octanol–water partition coefficient (Wildman–Crippen LogP) is 3.23. The van der Waals surface area contributed by atoms with Crippen LogP contribution in [-0.4, -0.2) is 22.2 Å². The van der Waals surface area contributed by atoms with Crippen molar-refractivity contribution >= 4 is 28.8 Å². The second-order valence-electron chi connectivity index (χ2n) is 5.31. The highest BCUT2D eigenvalue weighted by Gasteiger charge is 2.19. The van der Waals surface area contributed by atoms with Crippen LogP contribution in [0, 0.1) is 0 Å². The monoisotopic (exact) mass is 360 g/mol. The number of thiophene rings is 1. The van der Waals surface area contributed by atoms with Crippen molar-refractivity contribution in [1.82, 2.24) is 15.1 Å². The summed E-state index contributed by atoms with van der Waals surface area (Å²) in [6.45, 7) is 0.323. The number of benzene rings is 1. The average Bonchev–Trinajstić information content (AvgIpc) is 3.18. The molecule has 0 radical (unpaired) electrons. The van der Waals surface area contributed by atoms with E-state index in [1.165, 1.54) is 11.3 Å². The van der Waals surface area contributed by atoms with Crippen LogP contribution in [0.2, 0.25) is 4.34 Å². The van der Waals surface area contributed by atoms with Crippen LogP contribution >= 0.6 is 22.9 Å². The molecule has 1 amide bonds. The van der Waals surface area contributed by atoms with Crippen molar-refractivity contribution in [2.24, 2.45) is 12.8 Å². The minimum absolute atomic E-state index is 0.186. The number of rotatable bonds is 5. The van der Waals surface area contributed by atoms with Gasteiger partial charge in [0.1, 0.15) is 4.34 Å². The number of nitrogens with two attached hydrogens (primary N) is 1. The van der Waals surface area contributed by atoms with E-state index in [2.05, 4.69) is 10.4 Å². The van der Waals surface area contributed by atoms with Gasteiger partial charge in [0.15, 0.2) is 0 Å². The number of amides is 1. The van der Waals surface area contributed by atoms with Gasteiger partial charge in [-0.05, 0) is 17.7 Å². The van der Waals surface area contributed by atoms with E-state index >= 15 is 0 Å². The molecule has 1 aromatic carbocycles. The smallest absolute Gasteiger partial charge is 0.261 e. The zero-order valence-electron chi connectivity index (χ0n) is 13.1. The summed E-state index contributed by atoms with van der Waals surface area (Å²) in [6, 6.07) is 13.1. The van der Waals surface area contributed by atoms with Crippen molar-refractivity contribution in [2.45, 2.75) is 6.04 Å². The molecule has 124 valence electrons. The van der Waals surface area contributed by atoms with Crippen LogP contribution in [0.5, 0.6) is 0 Å². The van der Waals surface area contributed by atoms with Crippen molar-refractivity contribution < 1.29 is 4.79 Å². The highest BCUT2D eigenvalue weighted by molar-refractivity contribution is 7.18. The normalized spacial score (nSPS) is 12.1. The minimum Gasteiger partial charge on any atom is -0.343 e. The van der Waals surface area contributed by atoms with Gasteiger partial charge < -0.3 is 11.1 Å². The van der Waals surface area contributed by atoms with E-state index < -0.39 is 0 Å². The molecule has 0 saturated carbocycles. The Kier molecular flexibility index (Phi) is 4.99. The van der Waals surface area contributed by atoms with E-state index in [4.69, 9.17) is 17.3 Å². The molecule has 0 aliphatic carbocycles. The Balaban J connectivity index is 1.82. The van der Waals surface area contributed by atoms with E-state index in [0.717, 1.165) is 16.8 Å². The van der Waals surface area contributed by atoms with E-state index in [-0.39, 0.29) is 11.9 Å². The lowest BCUT2D eigenvalue weighted by Crippen LogP contribution is -2.32. The summed E-state index contributed by atoms with van der Waals surface area (Å²) in [6.07, 6.45) is 1.70. The number of nitrogens with one attached hydrogen (secondary N) is 1. The van der Waals surface area contributed by atoms with Gasteiger partial charge >= 0.3 is 0 Å². The fourth-order valence-corrected chi connectivity index (χ4v) is 3.68. The van der Waals surface area contributed by atoms with E-state index in [1.807, 2.05) is 43.4 Å². The summed E-state index contributed by atoms with van der Waals surface area (Å²) < 4.78 is 2.29. The van der Waals surface area contributed by atoms with Gasteiger partial charge in [0.25, 0.3) is 5.91 Å². The topological polar surface area (TPSA) is 72.9 Å². The summed E-state index contributed by atoms with van der Waals surface area (Å²) in [5.41, 5.74) is 8.46. The molecule has 2 aromatic heterocycles. The molecule has 0 saturated heterocycles. The van der Waals surface area contributed by atoms with E-state index in [9.17, 15) is 4.79 Å². The third-order valence-corrected chi connectivity index (χ3v) is 5.11. The number of carbonyl (C=O) groups is 1. The molecule has 0 aliphatic rings. The number of aryl methyl sites for hydroxylation is 1. The minimum atomic E-state index is -0.236. The van der Waals surface area contributed by atoms with Crippen molar-refractivity contribution in [3.05, 3.63) is 63.4 Å². The number of halogens is 1. The Bertz CT molecular complexity index is 843. The molecule has 0 aliphatic heterocycles. The molecule has 2 heterocycles. The number of hydrogen-bond donors (Lipinski definition) is 2. The fourth-order valence-electron chi connectivity index (χ4n) is 2.49. The lowest BCUT2D eigenvalue weighted by atomic mass is 10.1. The maximum atomic E-state index is 12.6. The van der Waals surface area contributed by atoms with Crippen molar-refractivity contribution in [2.75, 3.05) is 6.54 Å². The van der Waals surface area contributed by atoms with Crippen LogP contribution in [0.15, 0.2) is 48.7 Å². The molecular formula is C17H17ClN4OS. The molecular weight excluding hydrogens is 344 g/mol. The third-order valence-electron chi connectivity index (χ3n) is 3.75. The number of carbonyl (C=O) groups excluding carboxylic acids is 1. The van der Waals surface area contributed by atoms with Gasteiger partial charge in [0.05, 0.1) is 16.6 Å². The van der Waals surface area contributed by atoms with Gasteiger partial charge in [-0.2, -0.15) is 5.10 Å². The molecule has 24 heavy (non-hydrogen) atoms. The van der Waals surface area contributed by atoms with Crippen LogP contribution in [-0.2, 0) is 7.05 Å². The lowest BCUT2D eigenvalue weighted by Gasteiger charge is -2.16. The molecule has 3 N–H and O–H groups in total. The second kappa shape index (κ2) is 7.17. The zero-order chi connectivity index (χ0) is 17.1. The predicted molar refractivity (Wildman–Crippen MR) is 97.2 cm³/mol. The summed E-state index contributed by atoms with van der Waals surface area (Å²) >= 11 is 7.56. The second-order valence-corrected chi connectivity index (χ2v) is 6.96. The number of hydrogen-bond acceptors (Lipinski definition) is 4. The molecule has 7 heteroatoms. The van der Waals surface area contributed by atoms with Crippen LogP contribution in [0.1, 0.15) is 21.3 Å². The quantitative estimate of drug-likeness (QED) is 0.733. The van der Waals surface area contributed by atoms with Gasteiger partial charge in [-0.15, -0.1) is 11.3 Å². The van der Waals surface area contributed by atoms with Crippen molar-refractivity contribution in [3.63, 3.8) is 0 Å². The fraction of sp³-hybridized carbons (Fsp3) is 0.176. The highest BCUT2D eigenvalue weighted by Crippen LogP contribution is 2.35. The van der Waals surface area contributed by atoms with Gasteiger partial charge in [0.2, 0.25) is 0 Å². The molecule has 0 bridgehead atoms. The first-order valence-electron chi connectivity index (χ1n) is 7.43. The van der Waals surface area contributed by atoms with Crippen LogP contribution < -0.4 is 11.1 Å². The molecule has 0 spiro atoms. The van der Waals surface area contributed by atoms with Gasteiger partial charge in [-0.25, -0.2) is 0 Å².